The van der Waals surface area contributed by atoms with E-state index in [0.29, 0.717) is 30.8 Å². The number of amides is 1. The highest BCUT2D eigenvalue weighted by molar-refractivity contribution is 7.89. The first-order valence-electron chi connectivity index (χ1n) is 11.0. The summed E-state index contributed by atoms with van der Waals surface area (Å²) in [7, 11) is 0.691. The summed E-state index contributed by atoms with van der Waals surface area (Å²) >= 11 is 0. The molecule has 0 radical (unpaired) electrons. The van der Waals surface area contributed by atoms with E-state index in [0.717, 1.165) is 43.5 Å². The molecule has 0 bridgehead atoms. The molecule has 0 atom stereocenters. The SMILES string of the molecule is CN(C)CCc1ccc(NC(=O)CCc2ccc(S(=O)(=O)N3CCCCC3)cc2)cc1. The lowest BCUT2D eigenvalue weighted by Gasteiger charge is -2.25. The highest BCUT2D eigenvalue weighted by Gasteiger charge is 2.25. The predicted molar refractivity (Wildman–Crippen MR) is 125 cm³/mol. The van der Waals surface area contributed by atoms with E-state index in [2.05, 4.69) is 24.3 Å². The summed E-state index contributed by atoms with van der Waals surface area (Å²) in [4.78, 5) is 14.8. The number of nitrogens with zero attached hydrogens (tertiary/aromatic N) is 2. The molecule has 0 unspecified atom stereocenters. The minimum Gasteiger partial charge on any atom is -0.326 e. The van der Waals surface area contributed by atoms with E-state index in [1.54, 1.807) is 16.4 Å². The molecular formula is C24H33N3O3S. The molecule has 1 heterocycles. The van der Waals surface area contributed by atoms with Gasteiger partial charge in [-0.3, -0.25) is 4.79 Å². The van der Waals surface area contributed by atoms with Gasteiger partial charge >= 0.3 is 0 Å². The molecule has 3 rings (SSSR count). The van der Waals surface area contributed by atoms with Gasteiger partial charge in [0.1, 0.15) is 0 Å². The zero-order valence-electron chi connectivity index (χ0n) is 18.5. The number of anilines is 1. The van der Waals surface area contributed by atoms with Gasteiger partial charge in [-0.25, -0.2) is 8.42 Å². The number of sulfonamides is 1. The van der Waals surface area contributed by atoms with Crippen LogP contribution in [0.4, 0.5) is 5.69 Å². The van der Waals surface area contributed by atoms with Crippen molar-refractivity contribution in [2.24, 2.45) is 0 Å². The Kier molecular flexibility index (Phi) is 8.23. The van der Waals surface area contributed by atoms with Crippen LogP contribution in [0.25, 0.3) is 0 Å². The van der Waals surface area contributed by atoms with Gasteiger partial charge in [-0.05, 0) is 75.2 Å². The largest absolute Gasteiger partial charge is 0.326 e. The van der Waals surface area contributed by atoms with E-state index >= 15 is 0 Å². The van der Waals surface area contributed by atoms with Crippen LogP contribution in [0.15, 0.2) is 53.4 Å². The lowest BCUT2D eigenvalue weighted by Crippen LogP contribution is -2.35. The first kappa shape index (κ1) is 23.4. The Bertz CT molecular complexity index is 949. The van der Waals surface area contributed by atoms with Crippen LogP contribution in [0.3, 0.4) is 0 Å². The smallest absolute Gasteiger partial charge is 0.243 e. The highest BCUT2D eigenvalue weighted by Crippen LogP contribution is 2.21. The number of piperidine rings is 1. The molecule has 1 aliphatic heterocycles. The summed E-state index contributed by atoms with van der Waals surface area (Å²) in [5.74, 6) is -0.0499. The molecule has 1 fully saturated rings. The van der Waals surface area contributed by atoms with Gasteiger partial charge in [0.05, 0.1) is 4.90 Å². The third-order valence-corrected chi connectivity index (χ3v) is 7.52. The van der Waals surface area contributed by atoms with Crippen molar-refractivity contribution in [2.45, 2.75) is 43.4 Å². The zero-order valence-corrected chi connectivity index (χ0v) is 19.3. The van der Waals surface area contributed by atoms with Crippen molar-refractivity contribution in [1.29, 1.82) is 0 Å². The van der Waals surface area contributed by atoms with Crippen LogP contribution >= 0.6 is 0 Å². The molecule has 1 N–H and O–H groups in total. The van der Waals surface area contributed by atoms with Gasteiger partial charge in [-0.1, -0.05) is 30.7 Å². The van der Waals surface area contributed by atoms with E-state index < -0.39 is 10.0 Å². The quantitative estimate of drug-likeness (QED) is 0.644. The summed E-state index contributed by atoms with van der Waals surface area (Å²) in [6.45, 7) is 2.19. The number of nitrogens with one attached hydrogen (secondary N) is 1. The normalized spacial score (nSPS) is 15.2. The van der Waals surface area contributed by atoms with Gasteiger partial charge in [-0.2, -0.15) is 4.31 Å². The fraction of sp³-hybridized carbons (Fsp3) is 0.458. The number of benzene rings is 2. The monoisotopic (exact) mass is 443 g/mol. The van der Waals surface area contributed by atoms with Crippen molar-refractivity contribution in [3.8, 4) is 0 Å². The summed E-state index contributed by atoms with van der Waals surface area (Å²) < 4.78 is 27.0. The number of rotatable bonds is 9. The van der Waals surface area contributed by atoms with Crippen LogP contribution in [0, 0.1) is 0 Å². The van der Waals surface area contributed by atoms with Gasteiger partial charge < -0.3 is 10.2 Å². The number of hydrogen-bond acceptors (Lipinski definition) is 4. The maximum Gasteiger partial charge on any atom is 0.243 e. The van der Waals surface area contributed by atoms with Crippen molar-refractivity contribution >= 4 is 21.6 Å². The Balaban J connectivity index is 1.49. The Morgan fingerprint density at radius 3 is 2.10 bits per heavy atom. The second kappa shape index (κ2) is 10.9. The molecule has 1 saturated heterocycles. The fourth-order valence-electron chi connectivity index (χ4n) is 3.67. The Hall–Kier alpha value is -2.22. The molecular weight excluding hydrogens is 410 g/mol. The second-order valence-electron chi connectivity index (χ2n) is 8.41. The zero-order chi connectivity index (χ0) is 22.3. The van der Waals surface area contributed by atoms with Crippen LogP contribution < -0.4 is 5.32 Å². The minimum absolute atomic E-state index is 0.0499. The minimum atomic E-state index is -3.41. The van der Waals surface area contributed by atoms with Gasteiger partial charge in [-0.15, -0.1) is 0 Å². The highest BCUT2D eigenvalue weighted by atomic mass is 32.2. The van der Waals surface area contributed by atoms with E-state index in [1.807, 2.05) is 36.4 Å². The standard InChI is InChI=1S/C24H33N3O3S/c1-26(2)19-16-21-6-11-22(12-7-21)25-24(28)15-10-20-8-13-23(14-9-20)31(29,30)27-17-4-3-5-18-27/h6-9,11-14H,3-5,10,15-19H2,1-2H3,(H,25,28). The predicted octanol–water partition coefficient (Wildman–Crippen LogP) is 3.54. The lowest BCUT2D eigenvalue weighted by atomic mass is 10.1. The number of likely N-dealkylation sites (N-methyl/N-ethyl adjacent to an activating group) is 1. The van der Waals surface area contributed by atoms with Gasteiger partial charge in [0.15, 0.2) is 0 Å². The molecule has 31 heavy (non-hydrogen) atoms. The lowest BCUT2D eigenvalue weighted by molar-refractivity contribution is -0.116. The second-order valence-corrected chi connectivity index (χ2v) is 10.3. The molecule has 0 aliphatic carbocycles. The third-order valence-electron chi connectivity index (χ3n) is 5.60. The summed E-state index contributed by atoms with van der Waals surface area (Å²) in [5.41, 5.74) is 2.99. The number of carbonyl (C=O) groups is 1. The van der Waals surface area contributed by atoms with Crippen molar-refractivity contribution in [1.82, 2.24) is 9.21 Å². The number of hydrogen-bond donors (Lipinski definition) is 1. The summed E-state index contributed by atoms with van der Waals surface area (Å²) in [5, 5.41) is 2.93. The molecule has 0 spiro atoms. The molecule has 0 aromatic heterocycles. The van der Waals surface area contributed by atoms with Gasteiger partial charge in [0.2, 0.25) is 15.9 Å². The van der Waals surface area contributed by atoms with E-state index in [9.17, 15) is 13.2 Å². The molecule has 168 valence electrons. The Morgan fingerprint density at radius 1 is 0.903 bits per heavy atom. The van der Waals surface area contributed by atoms with Crippen molar-refractivity contribution in [3.63, 3.8) is 0 Å². The van der Waals surface area contributed by atoms with Gasteiger partial charge in [0, 0.05) is 31.7 Å². The van der Waals surface area contributed by atoms with E-state index in [1.165, 1.54) is 5.56 Å². The number of aryl methyl sites for hydroxylation is 1. The molecule has 2 aromatic rings. The fourth-order valence-corrected chi connectivity index (χ4v) is 5.19. The molecule has 1 aliphatic rings. The summed E-state index contributed by atoms with van der Waals surface area (Å²) in [6.07, 6.45) is 4.83. The van der Waals surface area contributed by atoms with Crippen LogP contribution in [-0.4, -0.2) is 57.3 Å². The Morgan fingerprint density at radius 2 is 1.48 bits per heavy atom. The average Bonchev–Trinajstić information content (AvgIpc) is 2.78. The molecule has 6 nitrogen and oxygen atoms in total. The van der Waals surface area contributed by atoms with Crippen molar-refractivity contribution < 1.29 is 13.2 Å². The topological polar surface area (TPSA) is 69.7 Å². The van der Waals surface area contributed by atoms with Crippen LogP contribution in [-0.2, 0) is 27.7 Å². The average molecular weight is 444 g/mol. The molecule has 0 saturated carbocycles. The molecule has 7 heteroatoms. The van der Waals surface area contributed by atoms with Crippen LogP contribution in [0.5, 0.6) is 0 Å². The molecule has 1 amide bonds. The Labute approximate surface area is 186 Å². The maximum absolute atomic E-state index is 12.7. The first-order valence-corrected chi connectivity index (χ1v) is 12.4. The van der Waals surface area contributed by atoms with Crippen LogP contribution in [0.1, 0.15) is 36.8 Å². The molecule has 2 aromatic carbocycles. The van der Waals surface area contributed by atoms with Gasteiger partial charge in [0.25, 0.3) is 0 Å². The number of carbonyl (C=O) groups excluding carboxylic acids is 1. The van der Waals surface area contributed by atoms with Crippen LogP contribution in [0.2, 0.25) is 0 Å². The first-order chi connectivity index (χ1) is 14.8. The third kappa shape index (κ3) is 6.89. The maximum atomic E-state index is 12.7. The van der Waals surface area contributed by atoms with Crippen molar-refractivity contribution in [3.05, 3.63) is 59.7 Å². The summed E-state index contributed by atoms with van der Waals surface area (Å²) in [6, 6.07) is 14.9. The van der Waals surface area contributed by atoms with E-state index in [-0.39, 0.29) is 5.91 Å². The van der Waals surface area contributed by atoms with E-state index in [4.69, 9.17) is 0 Å². The van der Waals surface area contributed by atoms with Crippen molar-refractivity contribution in [2.75, 3.05) is 39.0 Å².